The van der Waals surface area contributed by atoms with E-state index in [0.29, 0.717) is 37.3 Å². The Morgan fingerprint density at radius 2 is 1.88 bits per heavy atom. The second-order valence-electron chi connectivity index (χ2n) is 6.10. The van der Waals surface area contributed by atoms with Gasteiger partial charge in [0.2, 0.25) is 5.91 Å². The van der Waals surface area contributed by atoms with Crippen LogP contribution in [-0.4, -0.2) is 59.7 Å². The van der Waals surface area contributed by atoms with E-state index in [0.717, 1.165) is 12.0 Å². The maximum absolute atomic E-state index is 12.6. The van der Waals surface area contributed by atoms with Gasteiger partial charge in [0.1, 0.15) is 0 Å². The summed E-state index contributed by atoms with van der Waals surface area (Å²) < 4.78 is 11.3. The van der Waals surface area contributed by atoms with Gasteiger partial charge in [-0.05, 0) is 24.1 Å². The lowest BCUT2D eigenvalue weighted by molar-refractivity contribution is -0.130. The number of amides is 2. The van der Waals surface area contributed by atoms with Crippen LogP contribution in [0.2, 0.25) is 0 Å². The summed E-state index contributed by atoms with van der Waals surface area (Å²) in [7, 11) is 2.99. The quantitative estimate of drug-likeness (QED) is 0.808. The highest BCUT2D eigenvalue weighted by Crippen LogP contribution is 2.16. The first-order valence-corrected chi connectivity index (χ1v) is 8.18. The van der Waals surface area contributed by atoms with Crippen LogP contribution < -0.4 is 5.76 Å². The molecule has 0 aliphatic carbocycles. The zero-order valence-corrected chi connectivity index (χ0v) is 14.4. The normalized spacial score (nSPS) is 15.3. The van der Waals surface area contributed by atoms with Crippen molar-refractivity contribution in [3.63, 3.8) is 0 Å². The van der Waals surface area contributed by atoms with Crippen molar-refractivity contribution in [2.45, 2.75) is 12.8 Å². The van der Waals surface area contributed by atoms with Gasteiger partial charge in [0, 0.05) is 33.2 Å². The number of aryl methyl sites for hydroxylation is 1. The molecule has 0 bridgehead atoms. The van der Waals surface area contributed by atoms with Crippen molar-refractivity contribution in [1.29, 1.82) is 0 Å². The predicted molar refractivity (Wildman–Crippen MR) is 90.3 cm³/mol. The Balaban J connectivity index is 1.68. The van der Waals surface area contributed by atoms with E-state index in [1.165, 1.54) is 11.7 Å². The van der Waals surface area contributed by atoms with Gasteiger partial charge < -0.3 is 19.0 Å². The molecule has 0 radical (unpaired) electrons. The highest BCUT2D eigenvalue weighted by Gasteiger charge is 2.22. The minimum Gasteiger partial charge on any atom is -0.453 e. The Kier molecular flexibility index (Phi) is 4.78. The summed E-state index contributed by atoms with van der Waals surface area (Å²) in [6.07, 6.45) is 0.601. The molecule has 1 saturated heterocycles. The fourth-order valence-corrected chi connectivity index (χ4v) is 3.05. The summed E-state index contributed by atoms with van der Waals surface area (Å²) in [5.74, 6) is -0.423. The van der Waals surface area contributed by atoms with Crippen LogP contribution in [0.5, 0.6) is 0 Å². The molecule has 0 unspecified atom stereocenters. The zero-order valence-electron chi connectivity index (χ0n) is 14.4. The molecule has 3 rings (SSSR count). The van der Waals surface area contributed by atoms with Gasteiger partial charge in [0.25, 0.3) is 0 Å². The average Bonchev–Trinajstić information content (AvgIpc) is 2.80. The number of ether oxygens (including phenoxy) is 1. The van der Waals surface area contributed by atoms with Gasteiger partial charge >= 0.3 is 11.8 Å². The van der Waals surface area contributed by atoms with Gasteiger partial charge in [-0.1, -0.05) is 6.07 Å². The number of hydrogen-bond donors (Lipinski definition) is 0. The van der Waals surface area contributed by atoms with E-state index in [9.17, 15) is 14.4 Å². The molecular formula is C17H21N3O5. The summed E-state index contributed by atoms with van der Waals surface area (Å²) in [6.45, 7) is 2.15. The second kappa shape index (κ2) is 7.00. The summed E-state index contributed by atoms with van der Waals surface area (Å²) in [5, 5.41) is 0. The number of carbonyl (C=O) groups excluding carboxylic acids is 2. The maximum atomic E-state index is 12.6. The summed E-state index contributed by atoms with van der Waals surface area (Å²) in [5.41, 5.74) is 2.00. The van der Waals surface area contributed by atoms with Crippen LogP contribution in [0.3, 0.4) is 0 Å². The van der Waals surface area contributed by atoms with Gasteiger partial charge in [0.15, 0.2) is 5.58 Å². The number of methoxy groups -OCH3 is 1. The lowest BCUT2D eigenvalue weighted by Crippen LogP contribution is -2.37. The molecule has 1 aromatic heterocycles. The van der Waals surface area contributed by atoms with E-state index in [4.69, 9.17) is 9.15 Å². The van der Waals surface area contributed by atoms with Crippen molar-refractivity contribution in [3.05, 3.63) is 34.3 Å². The SMILES string of the molecule is COC(=O)N1CCCN(C(=O)Cc2ccc3oc(=O)n(C)c3c2)CC1. The first kappa shape index (κ1) is 17.1. The van der Waals surface area contributed by atoms with Crippen LogP contribution in [-0.2, 0) is 23.0 Å². The van der Waals surface area contributed by atoms with E-state index < -0.39 is 5.76 Å². The molecule has 0 N–H and O–H groups in total. The number of carbonyl (C=O) groups is 2. The topological polar surface area (TPSA) is 85.0 Å². The average molecular weight is 347 g/mol. The molecule has 8 nitrogen and oxygen atoms in total. The minimum absolute atomic E-state index is 0.000407. The fourth-order valence-electron chi connectivity index (χ4n) is 3.05. The van der Waals surface area contributed by atoms with Crippen LogP contribution in [0.4, 0.5) is 4.79 Å². The van der Waals surface area contributed by atoms with E-state index in [1.807, 2.05) is 0 Å². The summed E-state index contributed by atoms with van der Waals surface area (Å²) in [4.78, 5) is 39.1. The number of hydrogen-bond acceptors (Lipinski definition) is 5. The zero-order chi connectivity index (χ0) is 18.0. The molecule has 0 atom stereocenters. The molecule has 8 heteroatoms. The molecule has 25 heavy (non-hydrogen) atoms. The largest absolute Gasteiger partial charge is 0.453 e. The first-order chi connectivity index (χ1) is 12.0. The molecule has 134 valence electrons. The lowest BCUT2D eigenvalue weighted by Gasteiger charge is -2.21. The van der Waals surface area contributed by atoms with Gasteiger partial charge in [0.05, 0.1) is 19.0 Å². The highest BCUT2D eigenvalue weighted by atomic mass is 16.5. The maximum Gasteiger partial charge on any atom is 0.419 e. The van der Waals surface area contributed by atoms with Crippen molar-refractivity contribution in [2.24, 2.45) is 7.05 Å². The van der Waals surface area contributed by atoms with Crippen molar-refractivity contribution >= 4 is 23.1 Å². The minimum atomic E-state index is -0.422. The van der Waals surface area contributed by atoms with E-state index in [-0.39, 0.29) is 18.4 Å². The predicted octanol–water partition coefficient (Wildman–Crippen LogP) is 0.975. The molecule has 1 fully saturated rings. The number of fused-ring (bicyclic) bond motifs is 1. The molecule has 2 aromatic rings. The van der Waals surface area contributed by atoms with Crippen LogP contribution in [0.15, 0.2) is 27.4 Å². The standard InChI is InChI=1S/C17H21N3O5/c1-18-13-10-12(4-5-14(13)25-16(18)22)11-15(21)19-6-3-7-20(9-8-19)17(23)24-2/h4-5,10H,3,6-9,11H2,1-2H3. The second-order valence-corrected chi connectivity index (χ2v) is 6.10. The van der Waals surface area contributed by atoms with E-state index in [1.54, 1.807) is 35.0 Å². The molecule has 0 saturated carbocycles. The molecule has 1 aliphatic heterocycles. The third-order valence-electron chi connectivity index (χ3n) is 4.49. The van der Waals surface area contributed by atoms with E-state index in [2.05, 4.69) is 0 Å². The van der Waals surface area contributed by atoms with Crippen LogP contribution in [0.25, 0.3) is 11.1 Å². The highest BCUT2D eigenvalue weighted by molar-refractivity contribution is 5.81. The van der Waals surface area contributed by atoms with E-state index >= 15 is 0 Å². The molecule has 2 amide bonds. The third kappa shape index (κ3) is 3.52. The summed E-state index contributed by atoms with van der Waals surface area (Å²) >= 11 is 0. The number of oxazole rings is 1. The first-order valence-electron chi connectivity index (χ1n) is 8.18. The Morgan fingerprint density at radius 3 is 2.64 bits per heavy atom. The molecular weight excluding hydrogens is 326 g/mol. The number of rotatable bonds is 2. The molecule has 1 aromatic carbocycles. The van der Waals surface area contributed by atoms with Gasteiger partial charge in [-0.2, -0.15) is 0 Å². The fraction of sp³-hybridized carbons (Fsp3) is 0.471. The van der Waals surface area contributed by atoms with Crippen molar-refractivity contribution in [3.8, 4) is 0 Å². The Bertz CT molecular complexity index is 854. The summed E-state index contributed by atoms with van der Waals surface area (Å²) in [6, 6.07) is 5.30. The number of nitrogens with zero attached hydrogens (tertiary/aromatic N) is 3. The monoisotopic (exact) mass is 347 g/mol. The number of benzene rings is 1. The van der Waals surface area contributed by atoms with Crippen molar-refractivity contribution in [2.75, 3.05) is 33.3 Å². The lowest BCUT2D eigenvalue weighted by atomic mass is 10.1. The van der Waals surface area contributed by atoms with Gasteiger partial charge in [-0.15, -0.1) is 0 Å². The molecule has 2 heterocycles. The molecule has 0 spiro atoms. The van der Waals surface area contributed by atoms with Crippen molar-refractivity contribution < 1.29 is 18.7 Å². The number of aromatic nitrogens is 1. The van der Waals surface area contributed by atoms with Crippen LogP contribution in [0.1, 0.15) is 12.0 Å². The van der Waals surface area contributed by atoms with Crippen LogP contribution >= 0.6 is 0 Å². The Labute approximate surface area is 144 Å². The van der Waals surface area contributed by atoms with Gasteiger partial charge in [-0.3, -0.25) is 9.36 Å². The Morgan fingerprint density at radius 1 is 1.16 bits per heavy atom. The van der Waals surface area contributed by atoms with Crippen molar-refractivity contribution in [1.82, 2.24) is 14.4 Å². The smallest absolute Gasteiger partial charge is 0.419 e. The van der Waals surface area contributed by atoms with Gasteiger partial charge in [-0.25, -0.2) is 9.59 Å². The third-order valence-corrected chi connectivity index (χ3v) is 4.49. The van der Waals surface area contributed by atoms with Crippen LogP contribution in [0, 0.1) is 0 Å². The molecule has 1 aliphatic rings. The Hall–Kier alpha value is -2.77.